The second-order valence-electron chi connectivity index (χ2n) is 4.02. The molecule has 0 aliphatic heterocycles. The molecule has 0 radical (unpaired) electrons. The Balaban J connectivity index is 2.36. The Morgan fingerprint density at radius 1 is 1.44 bits per heavy atom. The number of halogens is 1. The summed E-state index contributed by atoms with van der Waals surface area (Å²) in [4.78, 5) is 11.4. The van der Waals surface area contributed by atoms with Gasteiger partial charge in [0.15, 0.2) is 5.78 Å². The number of hydrogen-bond acceptors (Lipinski definition) is 2. The summed E-state index contributed by atoms with van der Waals surface area (Å²) in [5.41, 5.74) is 1.38. The van der Waals surface area contributed by atoms with Gasteiger partial charge < -0.3 is 4.74 Å². The molecule has 0 spiro atoms. The van der Waals surface area contributed by atoms with Crippen LogP contribution in [0.1, 0.15) is 24.3 Å². The van der Waals surface area contributed by atoms with E-state index < -0.39 is 0 Å². The summed E-state index contributed by atoms with van der Waals surface area (Å²) in [5, 5.41) is 0. The molecule has 2 nitrogen and oxygen atoms in total. The minimum Gasteiger partial charge on any atom is -0.496 e. The highest BCUT2D eigenvalue weighted by Gasteiger charge is 2.29. The number of ether oxygens (including phenoxy) is 1. The van der Waals surface area contributed by atoms with E-state index in [9.17, 15) is 9.18 Å². The number of benzene rings is 1. The third-order valence-electron chi connectivity index (χ3n) is 2.95. The Bertz CT molecular complexity index is 435. The van der Waals surface area contributed by atoms with Crippen LogP contribution in [0.3, 0.4) is 0 Å². The van der Waals surface area contributed by atoms with Gasteiger partial charge in [0.25, 0.3) is 0 Å². The lowest BCUT2D eigenvalue weighted by atomic mass is 9.96. The van der Waals surface area contributed by atoms with Crippen LogP contribution in [0, 0.1) is 5.82 Å². The van der Waals surface area contributed by atoms with E-state index in [-0.39, 0.29) is 17.5 Å². The van der Waals surface area contributed by atoms with Gasteiger partial charge in [0.2, 0.25) is 0 Å². The van der Waals surface area contributed by atoms with Crippen LogP contribution in [0.15, 0.2) is 30.4 Å². The van der Waals surface area contributed by atoms with Gasteiger partial charge in [0.05, 0.1) is 7.11 Å². The van der Waals surface area contributed by atoms with Crippen molar-refractivity contribution in [1.82, 2.24) is 0 Å². The zero-order chi connectivity index (χ0) is 11.7. The number of allylic oxidation sites excluding steroid dienone is 1. The van der Waals surface area contributed by atoms with Crippen molar-refractivity contribution in [3.8, 4) is 5.75 Å². The van der Waals surface area contributed by atoms with Crippen LogP contribution in [0.4, 0.5) is 4.39 Å². The van der Waals surface area contributed by atoms with Crippen molar-refractivity contribution in [3.63, 3.8) is 0 Å². The van der Waals surface area contributed by atoms with Crippen LogP contribution in [0.25, 0.3) is 0 Å². The van der Waals surface area contributed by atoms with E-state index in [1.165, 1.54) is 12.1 Å². The van der Waals surface area contributed by atoms with Crippen molar-refractivity contribution in [3.05, 3.63) is 41.7 Å². The van der Waals surface area contributed by atoms with Crippen molar-refractivity contribution < 1.29 is 13.9 Å². The van der Waals surface area contributed by atoms with Crippen LogP contribution in [-0.2, 0) is 4.79 Å². The highest BCUT2D eigenvalue weighted by Crippen LogP contribution is 2.39. The number of carbonyl (C=O) groups excluding carboxylic acids is 1. The molecule has 0 N–H and O–H groups in total. The van der Waals surface area contributed by atoms with E-state index in [2.05, 4.69) is 6.58 Å². The fourth-order valence-corrected chi connectivity index (χ4v) is 2.10. The van der Waals surface area contributed by atoms with Gasteiger partial charge >= 0.3 is 0 Å². The Hall–Kier alpha value is -1.64. The molecule has 2 rings (SSSR count). The van der Waals surface area contributed by atoms with Crippen LogP contribution < -0.4 is 4.74 Å². The number of methoxy groups -OCH3 is 1. The predicted octanol–water partition coefficient (Wildman–Crippen LogP) is 2.84. The SMILES string of the molecule is C=C1CC(c2cc(F)ccc2OC)CC1=O. The van der Waals surface area contributed by atoms with Gasteiger partial charge in [-0.2, -0.15) is 0 Å². The van der Waals surface area contributed by atoms with Crippen LogP contribution in [0.2, 0.25) is 0 Å². The molecule has 1 aliphatic carbocycles. The zero-order valence-electron chi connectivity index (χ0n) is 9.13. The minimum atomic E-state index is -0.305. The number of hydrogen-bond donors (Lipinski definition) is 0. The molecule has 1 saturated carbocycles. The molecule has 3 heteroatoms. The smallest absolute Gasteiger partial charge is 0.158 e. The van der Waals surface area contributed by atoms with Crippen molar-refractivity contribution in [2.24, 2.45) is 0 Å². The van der Waals surface area contributed by atoms with Crippen molar-refractivity contribution in [2.75, 3.05) is 7.11 Å². The third-order valence-corrected chi connectivity index (χ3v) is 2.95. The normalized spacial score (nSPS) is 20.2. The Morgan fingerprint density at radius 3 is 2.75 bits per heavy atom. The monoisotopic (exact) mass is 220 g/mol. The van der Waals surface area contributed by atoms with Gasteiger partial charge in [0.1, 0.15) is 11.6 Å². The lowest BCUT2D eigenvalue weighted by Gasteiger charge is -2.13. The summed E-state index contributed by atoms with van der Waals surface area (Å²) >= 11 is 0. The second-order valence-corrected chi connectivity index (χ2v) is 4.02. The molecule has 0 saturated heterocycles. The van der Waals surface area contributed by atoms with E-state index >= 15 is 0 Å². The summed E-state index contributed by atoms with van der Waals surface area (Å²) in [6, 6.07) is 4.39. The number of ketones is 1. The van der Waals surface area contributed by atoms with Crippen LogP contribution in [-0.4, -0.2) is 12.9 Å². The molecule has 1 atom stereocenters. The van der Waals surface area contributed by atoms with E-state index in [0.29, 0.717) is 24.2 Å². The summed E-state index contributed by atoms with van der Waals surface area (Å²) in [6.45, 7) is 3.70. The molecule has 0 amide bonds. The van der Waals surface area contributed by atoms with E-state index in [1.54, 1.807) is 13.2 Å². The summed E-state index contributed by atoms with van der Waals surface area (Å²) < 4.78 is 18.3. The molecule has 1 aliphatic rings. The lowest BCUT2D eigenvalue weighted by Crippen LogP contribution is -1.99. The number of rotatable bonds is 2. The molecular formula is C13H13FO2. The average Bonchev–Trinajstić information content (AvgIpc) is 2.59. The summed E-state index contributed by atoms with van der Waals surface area (Å²) in [7, 11) is 1.54. The molecule has 1 aromatic rings. The van der Waals surface area contributed by atoms with Gasteiger partial charge in [-0.15, -0.1) is 0 Å². The van der Waals surface area contributed by atoms with Gasteiger partial charge in [-0.05, 0) is 36.1 Å². The Morgan fingerprint density at radius 2 is 2.19 bits per heavy atom. The molecule has 1 unspecified atom stereocenters. The lowest BCUT2D eigenvalue weighted by molar-refractivity contribution is -0.114. The standard InChI is InChI=1S/C13H13FO2/c1-8-5-9(6-12(8)15)11-7-10(14)3-4-13(11)16-2/h3-4,7,9H,1,5-6H2,2H3. The quantitative estimate of drug-likeness (QED) is 0.716. The maximum Gasteiger partial charge on any atom is 0.158 e. The first kappa shape index (κ1) is 10.9. The van der Waals surface area contributed by atoms with E-state index in [1.807, 2.05) is 0 Å². The van der Waals surface area contributed by atoms with Crippen molar-refractivity contribution in [2.45, 2.75) is 18.8 Å². The first-order chi connectivity index (χ1) is 7.61. The molecule has 84 valence electrons. The van der Waals surface area contributed by atoms with E-state index in [4.69, 9.17) is 4.74 Å². The fraction of sp³-hybridized carbons (Fsp3) is 0.308. The zero-order valence-corrected chi connectivity index (χ0v) is 9.13. The molecule has 0 aromatic heterocycles. The maximum absolute atomic E-state index is 13.2. The molecule has 16 heavy (non-hydrogen) atoms. The molecule has 0 heterocycles. The minimum absolute atomic E-state index is 0.00523. The van der Waals surface area contributed by atoms with Gasteiger partial charge in [-0.1, -0.05) is 6.58 Å². The highest BCUT2D eigenvalue weighted by molar-refractivity contribution is 5.98. The van der Waals surface area contributed by atoms with Gasteiger partial charge in [0, 0.05) is 12.0 Å². The first-order valence-corrected chi connectivity index (χ1v) is 5.16. The molecule has 0 bridgehead atoms. The number of Topliss-reactive ketones (excluding diaryl/α,β-unsaturated/α-hetero) is 1. The van der Waals surface area contributed by atoms with Crippen molar-refractivity contribution in [1.29, 1.82) is 0 Å². The Kier molecular flexibility index (Phi) is 2.77. The topological polar surface area (TPSA) is 26.3 Å². The highest BCUT2D eigenvalue weighted by atomic mass is 19.1. The molecular weight excluding hydrogens is 207 g/mol. The maximum atomic E-state index is 13.2. The van der Waals surface area contributed by atoms with Gasteiger partial charge in [-0.25, -0.2) is 4.39 Å². The second kappa shape index (κ2) is 4.08. The van der Waals surface area contributed by atoms with Crippen LogP contribution in [0.5, 0.6) is 5.75 Å². The summed E-state index contributed by atoms with van der Waals surface area (Å²) in [5.74, 6) is 0.400. The largest absolute Gasteiger partial charge is 0.496 e. The van der Waals surface area contributed by atoms with E-state index in [0.717, 1.165) is 5.56 Å². The predicted molar refractivity (Wildman–Crippen MR) is 59.1 cm³/mol. The van der Waals surface area contributed by atoms with Crippen molar-refractivity contribution >= 4 is 5.78 Å². The van der Waals surface area contributed by atoms with Gasteiger partial charge in [-0.3, -0.25) is 4.79 Å². The first-order valence-electron chi connectivity index (χ1n) is 5.16. The molecule has 1 aromatic carbocycles. The summed E-state index contributed by atoms with van der Waals surface area (Å²) in [6.07, 6.45) is 0.997. The number of carbonyl (C=O) groups is 1. The third kappa shape index (κ3) is 1.85. The average molecular weight is 220 g/mol. The fourth-order valence-electron chi connectivity index (χ4n) is 2.10. The molecule has 1 fully saturated rings. The van der Waals surface area contributed by atoms with Crippen LogP contribution >= 0.6 is 0 Å². The Labute approximate surface area is 93.7 Å².